The van der Waals surface area contributed by atoms with E-state index in [1.807, 2.05) is 12.1 Å². The molecule has 1 aromatic heterocycles. The minimum absolute atomic E-state index is 0.00871. The number of benzene rings is 1. The van der Waals surface area contributed by atoms with Gasteiger partial charge in [-0.15, -0.1) is 0 Å². The van der Waals surface area contributed by atoms with Crippen molar-refractivity contribution in [2.75, 3.05) is 0 Å². The molecular weight excluding hydrogens is 307 g/mol. The van der Waals surface area contributed by atoms with Crippen molar-refractivity contribution in [3.05, 3.63) is 57.5 Å². The molecule has 4 heteroatoms. The van der Waals surface area contributed by atoms with Crippen LogP contribution in [0.4, 0.5) is 0 Å². The van der Waals surface area contributed by atoms with Gasteiger partial charge in [-0.05, 0) is 42.7 Å². The Labute approximate surface area is 134 Å². The number of carbonyl (C=O) groups is 1. The molecule has 0 radical (unpaired) electrons. The predicted octanol–water partition coefficient (Wildman–Crippen LogP) is 5.53. The largest absolute Gasteiger partial charge is 0.466 e. The number of hydrogen-bond acceptors (Lipinski definition) is 2. The minimum atomic E-state index is 0.00871. The van der Waals surface area contributed by atoms with Crippen LogP contribution in [0.3, 0.4) is 0 Å². The standard InChI is InChI=1S/C17H16Cl2O2/c1-10-8-14(10)17-7-4-12(21-17)3-6-16(20)13-5-2-11(18)9-15(13)19/h2,4-5,7,9-10,14H,3,6,8H2,1H3/t10-,14-/m1/s1. The molecule has 1 aliphatic carbocycles. The molecule has 21 heavy (non-hydrogen) atoms. The quantitative estimate of drug-likeness (QED) is 0.678. The lowest BCUT2D eigenvalue weighted by Gasteiger charge is -2.03. The Morgan fingerprint density at radius 1 is 1.29 bits per heavy atom. The van der Waals surface area contributed by atoms with Crippen molar-refractivity contribution in [2.45, 2.75) is 32.1 Å². The normalized spacial score (nSPS) is 20.5. The molecule has 0 saturated heterocycles. The first-order valence-corrected chi connectivity index (χ1v) is 7.87. The molecule has 0 aliphatic heterocycles. The van der Waals surface area contributed by atoms with Crippen molar-refractivity contribution in [3.8, 4) is 0 Å². The molecule has 3 rings (SSSR count). The maximum Gasteiger partial charge on any atom is 0.164 e. The fourth-order valence-corrected chi connectivity index (χ4v) is 3.05. The van der Waals surface area contributed by atoms with Gasteiger partial charge in [-0.3, -0.25) is 4.79 Å². The number of Topliss-reactive ketones (excluding diaryl/α,β-unsaturated/α-hetero) is 1. The van der Waals surface area contributed by atoms with Crippen LogP contribution < -0.4 is 0 Å². The smallest absolute Gasteiger partial charge is 0.164 e. The molecule has 1 fully saturated rings. The van der Waals surface area contributed by atoms with E-state index in [9.17, 15) is 4.79 Å². The van der Waals surface area contributed by atoms with Crippen LogP contribution in [-0.2, 0) is 6.42 Å². The van der Waals surface area contributed by atoms with Gasteiger partial charge in [0.15, 0.2) is 5.78 Å². The van der Waals surface area contributed by atoms with Crippen LogP contribution in [-0.4, -0.2) is 5.78 Å². The second-order valence-corrected chi connectivity index (χ2v) is 6.51. The fourth-order valence-electron chi connectivity index (χ4n) is 2.53. The molecule has 0 N–H and O–H groups in total. The number of aryl methyl sites for hydroxylation is 1. The van der Waals surface area contributed by atoms with E-state index in [4.69, 9.17) is 27.6 Å². The van der Waals surface area contributed by atoms with Crippen molar-refractivity contribution < 1.29 is 9.21 Å². The second-order valence-electron chi connectivity index (χ2n) is 5.67. The van der Waals surface area contributed by atoms with Crippen molar-refractivity contribution in [1.82, 2.24) is 0 Å². The SMILES string of the molecule is C[C@@H]1C[C@H]1c1ccc(CCC(=O)c2ccc(Cl)cc2Cl)o1. The van der Waals surface area contributed by atoms with Crippen LogP contribution >= 0.6 is 23.2 Å². The highest BCUT2D eigenvalue weighted by atomic mass is 35.5. The molecule has 0 amide bonds. The molecule has 1 aliphatic rings. The van der Waals surface area contributed by atoms with E-state index in [1.54, 1.807) is 18.2 Å². The Hall–Kier alpha value is -1.25. The van der Waals surface area contributed by atoms with E-state index in [0.29, 0.717) is 34.4 Å². The third kappa shape index (κ3) is 3.33. The van der Waals surface area contributed by atoms with Crippen molar-refractivity contribution in [1.29, 1.82) is 0 Å². The van der Waals surface area contributed by atoms with Crippen LogP contribution in [0, 0.1) is 5.92 Å². The van der Waals surface area contributed by atoms with Gasteiger partial charge in [-0.2, -0.15) is 0 Å². The molecule has 0 bridgehead atoms. The zero-order valence-electron chi connectivity index (χ0n) is 11.7. The van der Waals surface area contributed by atoms with Gasteiger partial charge in [0.05, 0.1) is 5.02 Å². The zero-order valence-corrected chi connectivity index (χ0v) is 13.2. The first-order valence-electron chi connectivity index (χ1n) is 7.11. The predicted molar refractivity (Wildman–Crippen MR) is 84.3 cm³/mol. The van der Waals surface area contributed by atoms with Crippen molar-refractivity contribution in [2.24, 2.45) is 5.92 Å². The molecule has 0 spiro atoms. The average Bonchev–Trinajstić information content (AvgIpc) is 2.99. The van der Waals surface area contributed by atoms with Crippen LogP contribution in [0.2, 0.25) is 10.0 Å². The number of ketones is 1. The summed E-state index contributed by atoms with van der Waals surface area (Å²) < 4.78 is 5.81. The summed E-state index contributed by atoms with van der Waals surface area (Å²) in [6, 6.07) is 8.95. The Kier molecular flexibility index (Phi) is 4.10. The van der Waals surface area contributed by atoms with Gasteiger partial charge in [0.25, 0.3) is 0 Å². The lowest BCUT2D eigenvalue weighted by molar-refractivity contribution is 0.0981. The Morgan fingerprint density at radius 3 is 2.71 bits per heavy atom. The maximum absolute atomic E-state index is 12.2. The maximum atomic E-state index is 12.2. The molecule has 1 heterocycles. The monoisotopic (exact) mass is 322 g/mol. The van der Waals surface area contributed by atoms with Gasteiger partial charge < -0.3 is 4.42 Å². The number of hydrogen-bond donors (Lipinski definition) is 0. The lowest BCUT2D eigenvalue weighted by atomic mass is 10.1. The Bertz CT molecular complexity index is 675. The Morgan fingerprint density at radius 2 is 2.05 bits per heavy atom. The molecule has 1 saturated carbocycles. The molecule has 0 unspecified atom stereocenters. The van der Waals surface area contributed by atoms with Crippen LogP contribution in [0.25, 0.3) is 0 Å². The van der Waals surface area contributed by atoms with Gasteiger partial charge in [0.2, 0.25) is 0 Å². The topological polar surface area (TPSA) is 30.2 Å². The summed E-state index contributed by atoms with van der Waals surface area (Å²) in [6.07, 6.45) is 2.18. The van der Waals surface area contributed by atoms with E-state index in [1.165, 1.54) is 6.42 Å². The molecule has 1 aromatic carbocycles. The highest BCUT2D eigenvalue weighted by Crippen LogP contribution is 2.47. The third-order valence-corrected chi connectivity index (χ3v) is 4.54. The molecular formula is C17H16Cl2O2. The summed E-state index contributed by atoms with van der Waals surface area (Å²) in [5, 5.41) is 0.935. The van der Waals surface area contributed by atoms with Gasteiger partial charge in [-0.25, -0.2) is 0 Å². The van der Waals surface area contributed by atoms with Crippen molar-refractivity contribution >= 4 is 29.0 Å². The third-order valence-electron chi connectivity index (χ3n) is 3.99. The second kappa shape index (κ2) is 5.86. The molecule has 2 aromatic rings. The number of halogens is 2. The summed E-state index contributed by atoms with van der Waals surface area (Å²) in [5.74, 6) is 3.21. The van der Waals surface area contributed by atoms with Gasteiger partial charge >= 0.3 is 0 Å². The first-order chi connectivity index (χ1) is 10.0. The van der Waals surface area contributed by atoms with E-state index in [2.05, 4.69) is 6.92 Å². The molecule has 110 valence electrons. The number of carbonyl (C=O) groups excluding carboxylic acids is 1. The highest BCUT2D eigenvalue weighted by molar-refractivity contribution is 6.36. The van der Waals surface area contributed by atoms with Crippen LogP contribution in [0.5, 0.6) is 0 Å². The van der Waals surface area contributed by atoms with Gasteiger partial charge in [0, 0.05) is 29.3 Å². The summed E-state index contributed by atoms with van der Waals surface area (Å²) in [6.45, 7) is 2.22. The summed E-state index contributed by atoms with van der Waals surface area (Å²) in [5.41, 5.74) is 0.517. The minimum Gasteiger partial charge on any atom is -0.466 e. The van der Waals surface area contributed by atoms with E-state index < -0.39 is 0 Å². The van der Waals surface area contributed by atoms with Gasteiger partial charge in [-0.1, -0.05) is 30.1 Å². The van der Waals surface area contributed by atoms with Crippen molar-refractivity contribution in [3.63, 3.8) is 0 Å². The van der Waals surface area contributed by atoms with E-state index >= 15 is 0 Å². The first kappa shape index (κ1) is 14.7. The van der Waals surface area contributed by atoms with E-state index in [0.717, 1.165) is 17.4 Å². The van der Waals surface area contributed by atoms with Crippen LogP contribution in [0.15, 0.2) is 34.7 Å². The van der Waals surface area contributed by atoms with Gasteiger partial charge in [0.1, 0.15) is 11.5 Å². The molecule has 2 nitrogen and oxygen atoms in total. The zero-order chi connectivity index (χ0) is 15.0. The fraction of sp³-hybridized carbons (Fsp3) is 0.353. The highest BCUT2D eigenvalue weighted by Gasteiger charge is 2.36. The summed E-state index contributed by atoms with van der Waals surface area (Å²) in [4.78, 5) is 12.2. The van der Waals surface area contributed by atoms with E-state index in [-0.39, 0.29) is 5.78 Å². The van der Waals surface area contributed by atoms with Crippen LogP contribution in [0.1, 0.15) is 47.6 Å². The Balaban J connectivity index is 1.61. The number of furan rings is 1. The average molecular weight is 323 g/mol. The number of rotatable bonds is 5. The summed E-state index contributed by atoms with van der Waals surface area (Å²) in [7, 11) is 0. The summed E-state index contributed by atoms with van der Waals surface area (Å²) >= 11 is 11.9. The molecule has 2 atom stereocenters. The lowest BCUT2D eigenvalue weighted by Crippen LogP contribution is -2.01.